The molecule has 1 amide bonds. The Hall–Kier alpha value is -3.62. The van der Waals surface area contributed by atoms with Crippen LogP contribution in [0.25, 0.3) is 17.0 Å². The van der Waals surface area contributed by atoms with E-state index >= 15 is 0 Å². The molecular weight excluding hydrogens is 395 g/mol. The predicted octanol–water partition coefficient (Wildman–Crippen LogP) is 4.55. The molecule has 2 aromatic carbocycles. The van der Waals surface area contributed by atoms with Crippen molar-refractivity contribution < 1.29 is 18.0 Å². The zero-order valence-electron chi connectivity index (χ0n) is 15.8. The average molecular weight is 411 g/mol. The van der Waals surface area contributed by atoms with E-state index in [1.807, 2.05) is 24.3 Å². The standard InChI is InChI=1S/C21H16F3N5O/c1-11-18-14(12-5-4-6-13(9-12)21(22,23)24)10-17(30)27-19(18)29(28-11)20-25-15-7-2-3-8-16(15)26-20/h2-9,14H,10H2,1H3,(H,25,26)(H,27,30)/t14-/m1/s1. The van der Waals surface area contributed by atoms with Gasteiger partial charge in [-0.1, -0.05) is 30.3 Å². The minimum Gasteiger partial charge on any atom is -0.322 e. The maximum absolute atomic E-state index is 13.2. The minimum atomic E-state index is -4.46. The molecule has 3 heterocycles. The topological polar surface area (TPSA) is 75.6 Å². The van der Waals surface area contributed by atoms with Crippen LogP contribution in [0, 0.1) is 6.92 Å². The van der Waals surface area contributed by atoms with Crippen LogP contribution in [-0.2, 0) is 11.0 Å². The molecule has 4 aromatic rings. The number of hydrogen-bond donors (Lipinski definition) is 2. The summed E-state index contributed by atoms with van der Waals surface area (Å²) in [6.07, 6.45) is -4.41. The SMILES string of the molecule is Cc1nn(-c2nc3ccccc3[nH]2)c2c1[C@@H](c1cccc(C(F)(F)F)c1)CC(=O)N2. The zero-order valence-corrected chi connectivity index (χ0v) is 15.8. The minimum absolute atomic E-state index is 0.0426. The second-order valence-electron chi connectivity index (χ2n) is 7.27. The average Bonchev–Trinajstić information content (AvgIpc) is 3.28. The van der Waals surface area contributed by atoms with Crippen LogP contribution in [0.5, 0.6) is 0 Å². The van der Waals surface area contributed by atoms with Gasteiger partial charge in [0.1, 0.15) is 5.82 Å². The third-order valence-electron chi connectivity index (χ3n) is 5.30. The highest BCUT2D eigenvalue weighted by atomic mass is 19.4. The number of para-hydroxylation sites is 2. The molecule has 0 fully saturated rings. The molecule has 0 saturated carbocycles. The first-order valence-corrected chi connectivity index (χ1v) is 9.33. The Bertz CT molecular complexity index is 1250. The first-order valence-electron chi connectivity index (χ1n) is 9.33. The molecule has 6 nitrogen and oxygen atoms in total. The number of nitrogens with zero attached hydrogens (tertiary/aromatic N) is 3. The number of amides is 1. The van der Waals surface area contributed by atoms with E-state index in [1.165, 1.54) is 10.7 Å². The molecular formula is C21H16F3N5O. The lowest BCUT2D eigenvalue weighted by atomic mass is 9.85. The van der Waals surface area contributed by atoms with Gasteiger partial charge in [0.2, 0.25) is 11.9 Å². The van der Waals surface area contributed by atoms with Crippen molar-refractivity contribution in [3.8, 4) is 5.95 Å². The maximum atomic E-state index is 13.2. The highest BCUT2D eigenvalue weighted by Crippen LogP contribution is 2.41. The van der Waals surface area contributed by atoms with Gasteiger partial charge in [0.05, 0.1) is 22.3 Å². The fourth-order valence-electron chi connectivity index (χ4n) is 3.96. The van der Waals surface area contributed by atoms with Crippen LogP contribution < -0.4 is 5.32 Å². The molecule has 0 aliphatic carbocycles. The second-order valence-corrected chi connectivity index (χ2v) is 7.27. The first kappa shape index (κ1) is 18.4. The van der Waals surface area contributed by atoms with E-state index in [9.17, 15) is 18.0 Å². The number of aryl methyl sites for hydroxylation is 1. The van der Waals surface area contributed by atoms with Gasteiger partial charge < -0.3 is 10.3 Å². The summed E-state index contributed by atoms with van der Waals surface area (Å²) in [5, 5.41) is 7.34. The van der Waals surface area contributed by atoms with E-state index in [2.05, 4.69) is 20.4 Å². The van der Waals surface area contributed by atoms with Gasteiger partial charge in [-0.25, -0.2) is 4.98 Å². The number of rotatable bonds is 2. The number of imidazole rings is 1. The largest absolute Gasteiger partial charge is 0.416 e. The summed E-state index contributed by atoms with van der Waals surface area (Å²) in [7, 11) is 0. The molecule has 9 heteroatoms. The predicted molar refractivity (Wildman–Crippen MR) is 104 cm³/mol. The summed E-state index contributed by atoms with van der Waals surface area (Å²) in [4.78, 5) is 20.1. The Labute approximate surface area is 168 Å². The Morgan fingerprint density at radius 3 is 2.70 bits per heavy atom. The molecule has 152 valence electrons. The number of aromatic nitrogens is 4. The fraction of sp³-hybridized carbons (Fsp3) is 0.190. The summed E-state index contributed by atoms with van der Waals surface area (Å²) in [6.45, 7) is 1.77. The van der Waals surface area contributed by atoms with Gasteiger partial charge in [-0.15, -0.1) is 0 Å². The summed E-state index contributed by atoms with van der Waals surface area (Å²) in [5.74, 6) is 0.0205. The number of carbonyl (C=O) groups is 1. The van der Waals surface area contributed by atoms with Crippen molar-refractivity contribution in [1.29, 1.82) is 0 Å². The number of halogens is 3. The van der Waals surface area contributed by atoms with Crippen molar-refractivity contribution in [2.24, 2.45) is 0 Å². The van der Waals surface area contributed by atoms with Crippen LogP contribution in [-0.4, -0.2) is 25.7 Å². The van der Waals surface area contributed by atoms with Gasteiger partial charge >= 0.3 is 6.18 Å². The number of aromatic amines is 1. The molecule has 1 aliphatic rings. The Kier molecular flexibility index (Phi) is 3.96. The number of anilines is 1. The van der Waals surface area contributed by atoms with Gasteiger partial charge in [0, 0.05) is 17.9 Å². The van der Waals surface area contributed by atoms with E-state index < -0.39 is 17.7 Å². The van der Waals surface area contributed by atoms with Gasteiger partial charge in [-0.05, 0) is 30.7 Å². The summed E-state index contributed by atoms with van der Waals surface area (Å²) >= 11 is 0. The summed E-state index contributed by atoms with van der Waals surface area (Å²) in [5.41, 5.74) is 2.54. The van der Waals surface area contributed by atoms with Crippen molar-refractivity contribution in [3.05, 3.63) is 70.9 Å². The summed E-state index contributed by atoms with van der Waals surface area (Å²) in [6, 6.07) is 12.6. The number of nitrogens with one attached hydrogen (secondary N) is 2. The van der Waals surface area contributed by atoms with Gasteiger partial charge in [0.25, 0.3) is 0 Å². The highest BCUT2D eigenvalue weighted by Gasteiger charge is 2.35. The van der Waals surface area contributed by atoms with Crippen LogP contribution in [0.1, 0.15) is 34.7 Å². The summed E-state index contributed by atoms with van der Waals surface area (Å²) < 4.78 is 41.1. The molecule has 2 N–H and O–H groups in total. The second kappa shape index (κ2) is 6.45. The highest BCUT2D eigenvalue weighted by molar-refractivity contribution is 5.95. The van der Waals surface area contributed by atoms with Crippen LogP contribution in [0.4, 0.5) is 19.0 Å². The van der Waals surface area contributed by atoms with Crippen molar-refractivity contribution in [2.45, 2.75) is 25.4 Å². The van der Waals surface area contributed by atoms with E-state index in [0.29, 0.717) is 28.6 Å². The lowest BCUT2D eigenvalue weighted by molar-refractivity contribution is -0.137. The molecule has 0 spiro atoms. The number of benzene rings is 2. The van der Waals surface area contributed by atoms with E-state index in [1.54, 1.807) is 13.0 Å². The number of alkyl halides is 3. The normalized spacial score (nSPS) is 16.5. The van der Waals surface area contributed by atoms with Crippen molar-refractivity contribution >= 4 is 22.8 Å². The molecule has 0 unspecified atom stereocenters. The number of hydrogen-bond acceptors (Lipinski definition) is 3. The number of fused-ring (bicyclic) bond motifs is 2. The lowest BCUT2D eigenvalue weighted by Crippen LogP contribution is -2.25. The van der Waals surface area contributed by atoms with Crippen LogP contribution in [0.15, 0.2) is 48.5 Å². The Balaban J connectivity index is 1.65. The van der Waals surface area contributed by atoms with Crippen molar-refractivity contribution in [2.75, 3.05) is 5.32 Å². The van der Waals surface area contributed by atoms with Gasteiger partial charge in [-0.2, -0.15) is 23.0 Å². The molecule has 0 radical (unpaired) electrons. The molecule has 1 aliphatic heterocycles. The van der Waals surface area contributed by atoms with Crippen molar-refractivity contribution in [1.82, 2.24) is 19.7 Å². The number of carbonyl (C=O) groups excluding carboxylic acids is 1. The third kappa shape index (κ3) is 2.94. The molecule has 30 heavy (non-hydrogen) atoms. The molecule has 0 bridgehead atoms. The van der Waals surface area contributed by atoms with Crippen LogP contribution in [0.2, 0.25) is 0 Å². The van der Waals surface area contributed by atoms with Crippen LogP contribution in [0.3, 0.4) is 0 Å². The van der Waals surface area contributed by atoms with E-state index in [4.69, 9.17) is 0 Å². The van der Waals surface area contributed by atoms with E-state index in [-0.39, 0.29) is 12.3 Å². The number of H-pyrrole nitrogens is 1. The molecule has 2 aromatic heterocycles. The Morgan fingerprint density at radius 1 is 1.13 bits per heavy atom. The third-order valence-corrected chi connectivity index (χ3v) is 5.30. The van der Waals surface area contributed by atoms with Crippen molar-refractivity contribution in [3.63, 3.8) is 0 Å². The first-order chi connectivity index (χ1) is 14.3. The quantitative estimate of drug-likeness (QED) is 0.508. The van der Waals surface area contributed by atoms with E-state index in [0.717, 1.165) is 23.2 Å². The fourth-order valence-corrected chi connectivity index (χ4v) is 3.96. The maximum Gasteiger partial charge on any atom is 0.416 e. The smallest absolute Gasteiger partial charge is 0.322 e. The lowest BCUT2D eigenvalue weighted by Gasteiger charge is -2.24. The monoisotopic (exact) mass is 411 g/mol. The Morgan fingerprint density at radius 2 is 1.93 bits per heavy atom. The van der Waals surface area contributed by atoms with Gasteiger partial charge in [-0.3, -0.25) is 4.79 Å². The molecule has 1 atom stereocenters. The van der Waals surface area contributed by atoms with Gasteiger partial charge in [0.15, 0.2) is 0 Å². The zero-order chi connectivity index (χ0) is 21.0. The van der Waals surface area contributed by atoms with Crippen LogP contribution >= 0.6 is 0 Å². The molecule has 5 rings (SSSR count). The molecule has 0 saturated heterocycles.